The molecule has 94 valence electrons. The van der Waals surface area contributed by atoms with Gasteiger partial charge in [0.25, 0.3) is 0 Å². The van der Waals surface area contributed by atoms with Crippen LogP contribution in [0.2, 0.25) is 5.15 Å². The highest BCUT2D eigenvalue weighted by atomic mass is 35.5. The number of thiol groups is 1. The van der Waals surface area contributed by atoms with Crippen molar-refractivity contribution < 1.29 is 4.79 Å². The van der Waals surface area contributed by atoms with Crippen LogP contribution in [-0.4, -0.2) is 15.1 Å². The van der Waals surface area contributed by atoms with E-state index in [0.717, 1.165) is 12.0 Å². The minimum absolute atomic E-state index is 0.181. The molecular formula is C13H13ClN2OS. The van der Waals surface area contributed by atoms with E-state index >= 15 is 0 Å². The highest BCUT2D eigenvalue weighted by Crippen LogP contribution is 2.17. The summed E-state index contributed by atoms with van der Waals surface area (Å²) in [5, 5.41) is -0.181. The third kappa shape index (κ3) is 2.94. The maximum absolute atomic E-state index is 11.1. The number of hydrogen-bond acceptors (Lipinski definition) is 2. The fourth-order valence-electron chi connectivity index (χ4n) is 1.71. The molecule has 1 aromatic carbocycles. The maximum Gasteiger partial charge on any atom is 0.237 e. The third-order valence-corrected chi connectivity index (χ3v) is 3.20. The van der Waals surface area contributed by atoms with Gasteiger partial charge in [-0.3, -0.25) is 4.79 Å². The molecule has 0 saturated carbocycles. The van der Waals surface area contributed by atoms with E-state index in [-0.39, 0.29) is 10.8 Å². The largest absolute Gasteiger partial charge is 0.332 e. The van der Waals surface area contributed by atoms with Crippen LogP contribution < -0.4 is 0 Å². The standard InChI is InChI=1S/C13H13ClN2OS/c1-2-8-3-5-9(6-4-8)7-10-15-11(13(17)18)12(14)16-10/h3-6H,2,7H2,1H3,(H,15,16)(H,17,18). The minimum atomic E-state index is -0.427. The van der Waals surface area contributed by atoms with Crippen LogP contribution in [-0.2, 0) is 12.8 Å². The van der Waals surface area contributed by atoms with E-state index in [1.165, 1.54) is 5.56 Å². The monoisotopic (exact) mass is 280 g/mol. The average Bonchev–Trinajstić information content (AvgIpc) is 2.71. The minimum Gasteiger partial charge on any atom is -0.332 e. The Morgan fingerprint density at radius 1 is 1.33 bits per heavy atom. The van der Waals surface area contributed by atoms with Gasteiger partial charge in [0.15, 0.2) is 5.69 Å². The Balaban J connectivity index is 2.18. The quantitative estimate of drug-likeness (QED) is 0.844. The van der Waals surface area contributed by atoms with Gasteiger partial charge < -0.3 is 4.98 Å². The Kier molecular flexibility index (Phi) is 4.09. The van der Waals surface area contributed by atoms with E-state index in [0.29, 0.717) is 12.2 Å². The van der Waals surface area contributed by atoms with Gasteiger partial charge in [-0.15, -0.1) is 0 Å². The lowest BCUT2D eigenvalue weighted by Crippen LogP contribution is -1.93. The second kappa shape index (κ2) is 5.59. The lowest BCUT2D eigenvalue weighted by Gasteiger charge is -2.00. The summed E-state index contributed by atoms with van der Waals surface area (Å²) in [6.45, 7) is 2.12. The molecule has 0 spiro atoms. The van der Waals surface area contributed by atoms with Crippen molar-refractivity contribution in [1.82, 2.24) is 9.97 Å². The first-order chi connectivity index (χ1) is 8.60. The zero-order chi connectivity index (χ0) is 13.1. The number of hydrogen-bond donors (Lipinski definition) is 2. The molecule has 0 saturated heterocycles. The molecule has 3 nitrogen and oxygen atoms in total. The number of nitrogens with zero attached hydrogens (tertiary/aromatic N) is 1. The summed E-state index contributed by atoms with van der Waals surface area (Å²) in [5.74, 6) is 0.668. The van der Waals surface area contributed by atoms with E-state index < -0.39 is 5.12 Å². The summed E-state index contributed by atoms with van der Waals surface area (Å²) in [7, 11) is 0. The molecule has 0 unspecified atom stereocenters. The van der Waals surface area contributed by atoms with E-state index in [1.807, 2.05) is 0 Å². The Bertz CT molecular complexity index is 563. The SMILES string of the molecule is CCc1ccc(Cc2nc(C(=O)S)c(Cl)[nH]2)cc1. The summed E-state index contributed by atoms with van der Waals surface area (Å²) < 4.78 is 0. The summed E-state index contributed by atoms with van der Waals surface area (Å²) in [5.41, 5.74) is 2.60. The molecule has 0 aliphatic heterocycles. The number of carbonyl (C=O) groups excluding carboxylic acids is 1. The first-order valence-electron chi connectivity index (χ1n) is 5.65. The van der Waals surface area contributed by atoms with Crippen LogP contribution >= 0.6 is 24.2 Å². The number of carbonyl (C=O) groups is 1. The van der Waals surface area contributed by atoms with Gasteiger partial charge in [0, 0.05) is 6.42 Å². The molecule has 0 fully saturated rings. The molecule has 0 amide bonds. The highest BCUT2D eigenvalue weighted by Gasteiger charge is 2.13. The molecule has 0 bridgehead atoms. The average molecular weight is 281 g/mol. The number of imidazole rings is 1. The molecule has 0 radical (unpaired) electrons. The van der Waals surface area contributed by atoms with E-state index in [9.17, 15) is 4.79 Å². The van der Waals surface area contributed by atoms with Crippen molar-refractivity contribution in [1.29, 1.82) is 0 Å². The first-order valence-corrected chi connectivity index (χ1v) is 6.48. The van der Waals surface area contributed by atoms with Gasteiger partial charge in [-0.2, -0.15) is 0 Å². The fourth-order valence-corrected chi connectivity index (χ4v) is 2.17. The normalized spacial score (nSPS) is 10.6. The molecule has 2 aromatic rings. The van der Waals surface area contributed by atoms with E-state index in [1.54, 1.807) is 0 Å². The molecule has 0 atom stereocenters. The topological polar surface area (TPSA) is 45.8 Å². The Morgan fingerprint density at radius 2 is 1.94 bits per heavy atom. The Morgan fingerprint density at radius 3 is 2.44 bits per heavy atom. The van der Waals surface area contributed by atoms with Gasteiger partial charge >= 0.3 is 0 Å². The molecule has 2 rings (SSSR count). The zero-order valence-electron chi connectivity index (χ0n) is 9.90. The Labute approximate surface area is 116 Å². The maximum atomic E-state index is 11.1. The van der Waals surface area contributed by atoms with Gasteiger partial charge in [-0.25, -0.2) is 4.98 Å². The van der Waals surface area contributed by atoms with Crippen LogP contribution in [0.3, 0.4) is 0 Å². The molecular weight excluding hydrogens is 268 g/mol. The van der Waals surface area contributed by atoms with Crippen LogP contribution in [0.25, 0.3) is 0 Å². The second-order valence-electron chi connectivity index (χ2n) is 4.00. The molecule has 0 aliphatic carbocycles. The van der Waals surface area contributed by atoms with Crippen LogP contribution in [0.1, 0.15) is 34.4 Å². The molecule has 18 heavy (non-hydrogen) atoms. The molecule has 5 heteroatoms. The second-order valence-corrected chi connectivity index (χ2v) is 4.78. The van der Waals surface area contributed by atoms with Crippen LogP contribution in [0, 0.1) is 0 Å². The molecule has 1 heterocycles. The van der Waals surface area contributed by atoms with Crippen molar-refractivity contribution in [3.63, 3.8) is 0 Å². The van der Waals surface area contributed by atoms with Crippen molar-refractivity contribution in [3.8, 4) is 0 Å². The van der Waals surface area contributed by atoms with Crippen molar-refractivity contribution in [2.24, 2.45) is 0 Å². The molecule has 1 N–H and O–H groups in total. The van der Waals surface area contributed by atoms with Gasteiger partial charge in [-0.05, 0) is 17.5 Å². The summed E-state index contributed by atoms with van der Waals surface area (Å²) in [4.78, 5) is 18.1. The highest BCUT2D eigenvalue weighted by molar-refractivity contribution is 7.97. The number of aromatic nitrogens is 2. The number of nitrogens with one attached hydrogen (secondary N) is 1. The molecule has 0 aliphatic rings. The number of halogens is 1. The van der Waals surface area contributed by atoms with Crippen LogP contribution in [0.5, 0.6) is 0 Å². The summed E-state index contributed by atoms with van der Waals surface area (Å²) >= 11 is 9.58. The molecule has 1 aromatic heterocycles. The number of H-pyrrole nitrogens is 1. The predicted octanol–water partition coefficient (Wildman–Crippen LogP) is 3.29. The third-order valence-electron chi connectivity index (χ3n) is 2.71. The van der Waals surface area contributed by atoms with Crippen LogP contribution in [0.4, 0.5) is 0 Å². The van der Waals surface area contributed by atoms with Gasteiger partial charge in [-0.1, -0.05) is 55.4 Å². The number of aromatic amines is 1. The van der Waals surface area contributed by atoms with Crippen molar-refractivity contribution in [3.05, 3.63) is 52.1 Å². The zero-order valence-corrected chi connectivity index (χ0v) is 11.6. The number of aryl methyl sites for hydroxylation is 1. The van der Waals surface area contributed by atoms with Gasteiger partial charge in [0.1, 0.15) is 11.0 Å². The summed E-state index contributed by atoms with van der Waals surface area (Å²) in [6.07, 6.45) is 1.63. The predicted molar refractivity (Wildman–Crippen MR) is 75.5 cm³/mol. The Hall–Kier alpha value is -1.26. The van der Waals surface area contributed by atoms with Crippen molar-refractivity contribution >= 4 is 29.3 Å². The van der Waals surface area contributed by atoms with Crippen molar-refractivity contribution in [2.45, 2.75) is 19.8 Å². The summed E-state index contributed by atoms with van der Waals surface area (Å²) in [6, 6.07) is 8.28. The lowest BCUT2D eigenvalue weighted by molar-refractivity contribution is 0.108. The smallest absolute Gasteiger partial charge is 0.237 e. The lowest BCUT2D eigenvalue weighted by atomic mass is 10.1. The van der Waals surface area contributed by atoms with E-state index in [4.69, 9.17) is 11.6 Å². The van der Waals surface area contributed by atoms with E-state index in [2.05, 4.69) is 53.8 Å². The fraction of sp³-hybridized carbons (Fsp3) is 0.231. The first kappa shape index (κ1) is 13.2. The van der Waals surface area contributed by atoms with Crippen molar-refractivity contribution in [2.75, 3.05) is 0 Å². The van der Waals surface area contributed by atoms with Gasteiger partial charge in [0.05, 0.1) is 0 Å². The van der Waals surface area contributed by atoms with Gasteiger partial charge in [0.2, 0.25) is 5.12 Å². The van der Waals surface area contributed by atoms with Crippen LogP contribution in [0.15, 0.2) is 24.3 Å². The number of rotatable bonds is 4. The number of benzene rings is 1.